The minimum atomic E-state index is -0.657. The molecule has 3 rings (SSSR count). The van der Waals surface area contributed by atoms with Crippen molar-refractivity contribution in [2.45, 2.75) is 32.1 Å². The van der Waals surface area contributed by atoms with Crippen molar-refractivity contribution in [1.82, 2.24) is 5.32 Å². The van der Waals surface area contributed by atoms with Gasteiger partial charge in [0, 0.05) is 29.3 Å². The summed E-state index contributed by atoms with van der Waals surface area (Å²) in [6.07, 6.45) is 2.05. The van der Waals surface area contributed by atoms with Crippen LogP contribution in [-0.2, 0) is 14.3 Å². The first-order chi connectivity index (χ1) is 11.5. The largest absolute Gasteiger partial charge is 0.508 e. The molecule has 2 atom stereocenters. The Bertz CT molecular complexity index is 717. The van der Waals surface area contributed by atoms with Crippen molar-refractivity contribution < 1.29 is 19.4 Å². The standard InChI is InChI=1S/C19H21NO4/c1-3-24-19(23)16-11(2)20-14-5-4-6-15(22)18(14)17(16)12-7-9-13(21)10-8-12/h7-10,16-17,20-21H,2-6H2,1H3. The van der Waals surface area contributed by atoms with Gasteiger partial charge in [-0.2, -0.15) is 0 Å². The van der Waals surface area contributed by atoms with Crippen LogP contribution in [0.1, 0.15) is 37.7 Å². The fourth-order valence-electron chi connectivity index (χ4n) is 3.54. The topological polar surface area (TPSA) is 75.6 Å². The van der Waals surface area contributed by atoms with Gasteiger partial charge in [-0.1, -0.05) is 18.7 Å². The van der Waals surface area contributed by atoms with Crippen LogP contribution in [0.5, 0.6) is 5.75 Å². The quantitative estimate of drug-likeness (QED) is 0.835. The number of ketones is 1. The molecule has 5 heteroatoms. The molecule has 0 bridgehead atoms. The lowest BCUT2D eigenvalue weighted by Gasteiger charge is -2.38. The number of aromatic hydroxyl groups is 1. The summed E-state index contributed by atoms with van der Waals surface area (Å²) in [6, 6.07) is 6.63. The molecule has 126 valence electrons. The third-order valence-electron chi connectivity index (χ3n) is 4.58. The molecular formula is C19H21NO4. The molecule has 1 aromatic carbocycles. The molecular weight excluding hydrogens is 306 g/mol. The van der Waals surface area contributed by atoms with Gasteiger partial charge in [0.25, 0.3) is 0 Å². The van der Waals surface area contributed by atoms with E-state index in [0.29, 0.717) is 17.7 Å². The number of hydrogen-bond donors (Lipinski definition) is 2. The second kappa shape index (κ2) is 6.51. The number of phenolic OH excluding ortho intramolecular Hbond substituents is 1. The van der Waals surface area contributed by atoms with E-state index in [1.807, 2.05) is 0 Å². The van der Waals surface area contributed by atoms with Gasteiger partial charge in [0.15, 0.2) is 5.78 Å². The number of esters is 1. The predicted molar refractivity (Wildman–Crippen MR) is 89.1 cm³/mol. The van der Waals surface area contributed by atoms with E-state index in [2.05, 4.69) is 11.9 Å². The van der Waals surface area contributed by atoms with Crippen LogP contribution >= 0.6 is 0 Å². The molecule has 2 aliphatic rings. The van der Waals surface area contributed by atoms with E-state index in [0.717, 1.165) is 24.1 Å². The number of nitrogens with one attached hydrogen (secondary N) is 1. The van der Waals surface area contributed by atoms with Crippen molar-refractivity contribution in [3.8, 4) is 5.75 Å². The summed E-state index contributed by atoms with van der Waals surface area (Å²) in [5.74, 6) is -1.28. The molecule has 5 nitrogen and oxygen atoms in total. The first-order valence-corrected chi connectivity index (χ1v) is 8.20. The minimum absolute atomic E-state index is 0.0589. The summed E-state index contributed by atoms with van der Waals surface area (Å²) in [5, 5.41) is 12.7. The highest BCUT2D eigenvalue weighted by Gasteiger charge is 2.43. The highest BCUT2D eigenvalue weighted by atomic mass is 16.5. The minimum Gasteiger partial charge on any atom is -0.508 e. The van der Waals surface area contributed by atoms with E-state index < -0.39 is 17.8 Å². The molecule has 0 saturated carbocycles. The number of allylic oxidation sites excluding steroid dienone is 2. The van der Waals surface area contributed by atoms with Crippen LogP contribution in [0.3, 0.4) is 0 Å². The van der Waals surface area contributed by atoms with E-state index in [4.69, 9.17) is 4.74 Å². The molecule has 1 aromatic rings. The van der Waals surface area contributed by atoms with E-state index in [1.165, 1.54) is 0 Å². The number of hydrogen-bond acceptors (Lipinski definition) is 5. The molecule has 0 aromatic heterocycles. The molecule has 0 amide bonds. The fraction of sp³-hybridized carbons (Fsp3) is 0.368. The normalized spacial score (nSPS) is 23.5. The first-order valence-electron chi connectivity index (χ1n) is 8.20. The molecule has 1 heterocycles. The first kappa shape index (κ1) is 16.3. The molecule has 0 saturated heterocycles. The molecule has 1 aliphatic carbocycles. The van der Waals surface area contributed by atoms with Crippen LogP contribution in [0, 0.1) is 5.92 Å². The maximum Gasteiger partial charge on any atom is 0.315 e. The lowest BCUT2D eigenvalue weighted by Crippen LogP contribution is -2.41. The third-order valence-corrected chi connectivity index (χ3v) is 4.58. The number of carbonyl (C=O) groups is 2. The highest BCUT2D eigenvalue weighted by molar-refractivity contribution is 6.00. The summed E-state index contributed by atoms with van der Waals surface area (Å²) in [5.41, 5.74) is 2.86. The van der Waals surface area contributed by atoms with Crippen molar-refractivity contribution in [3.05, 3.63) is 53.4 Å². The van der Waals surface area contributed by atoms with Crippen LogP contribution in [0.2, 0.25) is 0 Å². The van der Waals surface area contributed by atoms with Crippen molar-refractivity contribution in [2.75, 3.05) is 6.61 Å². The summed E-state index contributed by atoms with van der Waals surface area (Å²) in [4.78, 5) is 25.1. The number of benzene rings is 1. The Morgan fingerprint density at radius 2 is 2.04 bits per heavy atom. The zero-order valence-corrected chi connectivity index (χ0v) is 13.7. The van der Waals surface area contributed by atoms with Gasteiger partial charge in [-0.15, -0.1) is 0 Å². The van der Waals surface area contributed by atoms with E-state index in [-0.39, 0.29) is 18.1 Å². The van der Waals surface area contributed by atoms with Crippen LogP contribution in [-0.4, -0.2) is 23.5 Å². The maximum atomic E-state index is 12.6. The number of ether oxygens (including phenoxy) is 1. The fourth-order valence-corrected chi connectivity index (χ4v) is 3.54. The van der Waals surface area contributed by atoms with Crippen molar-refractivity contribution >= 4 is 11.8 Å². The lowest BCUT2D eigenvalue weighted by molar-refractivity contribution is -0.147. The molecule has 1 aliphatic heterocycles. The third kappa shape index (κ3) is 2.82. The average Bonchev–Trinajstić information content (AvgIpc) is 2.55. The second-order valence-electron chi connectivity index (χ2n) is 6.12. The molecule has 24 heavy (non-hydrogen) atoms. The Morgan fingerprint density at radius 1 is 1.33 bits per heavy atom. The second-order valence-corrected chi connectivity index (χ2v) is 6.12. The Balaban J connectivity index is 2.13. The zero-order chi connectivity index (χ0) is 17.3. The van der Waals surface area contributed by atoms with Crippen molar-refractivity contribution in [1.29, 1.82) is 0 Å². The van der Waals surface area contributed by atoms with Crippen LogP contribution < -0.4 is 5.32 Å². The number of Topliss-reactive ketones (excluding diaryl/α,β-unsaturated/α-hetero) is 1. The Labute approximate surface area is 141 Å². The molecule has 0 radical (unpaired) electrons. The van der Waals surface area contributed by atoms with Gasteiger partial charge in [0.05, 0.1) is 6.61 Å². The monoisotopic (exact) mass is 327 g/mol. The summed E-state index contributed by atoms with van der Waals surface area (Å²) < 4.78 is 5.22. The average molecular weight is 327 g/mol. The Morgan fingerprint density at radius 3 is 2.71 bits per heavy atom. The van der Waals surface area contributed by atoms with Gasteiger partial charge in [-0.05, 0) is 37.5 Å². The molecule has 2 N–H and O–H groups in total. The van der Waals surface area contributed by atoms with Gasteiger partial charge < -0.3 is 15.2 Å². The lowest BCUT2D eigenvalue weighted by atomic mass is 9.71. The van der Waals surface area contributed by atoms with Gasteiger partial charge in [0.1, 0.15) is 11.7 Å². The summed E-state index contributed by atoms with van der Waals surface area (Å²) in [6.45, 7) is 6.02. The van der Waals surface area contributed by atoms with Crippen LogP contribution in [0.4, 0.5) is 0 Å². The van der Waals surface area contributed by atoms with E-state index in [9.17, 15) is 14.7 Å². The van der Waals surface area contributed by atoms with Gasteiger partial charge in [-0.3, -0.25) is 9.59 Å². The summed E-state index contributed by atoms with van der Waals surface area (Å²) in [7, 11) is 0. The van der Waals surface area contributed by atoms with Gasteiger partial charge in [0.2, 0.25) is 0 Å². The van der Waals surface area contributed by atoms with Crippen LogP contribution in [0.25, 0.3) is 0 Å². The molecule has 0 spiro atoms. The SMILES string of the molecule is C=C1NC2=C(C(=O)CCC2)C(c2ccc(O)cc2)C1C(=O)OCC. The van der Waals surface area contributed by atoms with E-state index in [1.54, 1.807) is 31.2 Å². The molecule has 2 unspecified atom stereocenters. The van der Waals surface area contributed by atoms with Gasteiger partial charge >= 0.3 is 5.97 Å². The summed E-state index contributed by atoms with van der Waals surface area (Å²) >= 11 is 0. The number of carbonyl (C=O) groups excluding carboxylic acids is 2. The number of phenols is 1. The molecule has 0 fully saturated rings. The highest BCUT2D eigenvalue weighted by Crippen LogP contribution is 2.44. The Hall–Kier alpha value is -2.56. The number of rotatable bonds is 3. The van der Waals surface area contributed by atoms with E-state index >= 15 is 0 Å². The van der Waals surface area contributed by atoms with Crippen molar-refractivity contribution in [3.63, 3.8) is 0 Å². The maximum absolute atomic E-state index is 12.6. The van der Waals surface area contributed by atoms with Crippen molar-refractivity contribution in [2.24, 2.45) is 5.92 Å². The van der Waals surface area contributed by atoms with Gasteiger partial charge in [-0.25, -0.2) is 0 Å². The Kier molecular flexibility index (Phi) is 4.42. The smallest absolute Gasteiger partial charge is 0.315 e. The predicted octanol–water partition coefficient (Wildman–Crippen LogP) is 2.78. The zero-order valence-electron chi connectivity index (χ0n) is 13.7. The van der Waals surface area contributed by atoms with Crippen LogP contribution in [0.15, 0.2) is 47.8 Å².